The average molecular weight is 488 g/mol. The fourth-order valence-corrected chi connectivity index (χ4v) is 3.40. The third-order valence-electron chi connectivity index (χ3n) is 4.53. The average Bonchev–Trinajstić information content (AvgIpc) is 3.14. The van der Waals surface area contributed by atoms with E-state index in [1.807, 2.05) is 66.7 Å². The standard InChI is InChI=1S/C26H18BrNO4/c27-21-12-13-23(31-25(29)15-19-9-5-2-6-10-19)20(16-21)17-22-26(30)32-24(28-22)14-11-18-7-3-1-4-8-18/h1-14,16-17H,15H2/b14-11+,22-17+. The van der Waals surface area contributed by atoms with E-state index in [9.17, 15) is 9.59 Å². The predicted molar refractivity (Wildman–Crippen MR) is 127 cm³/mol. The Morgan fingerprint density at radius 3 is 2.44 bits per heavy atom. The second-order valence-corrected chi connectivity index (χ2v) is 7.85. The Balaban J connectivity index is 1.54. The van der Waals surface area contributed by atoms with Crippen molar-refractivity contribution in [3.63, 3.8) is 0 Å². The largest absolute Gasteiger partial charge is 0.426 e. The lowest BCUT2D eigenvalue weighted by molar-refractivity contribution is -0.133. The molecule has 0 radical (unpaired) electrons. The van der Waals surface area contributed by atoms with Crippen molar-refractivity contribution in [3.05, 3.63) is 112 Å². The van der Waals surface area contributed by atoms with E-state index in [0.29, 0.717) is 11.3 Å². The zero-order valence-electron chi connectivity index (χ0n) is 16.9. The highest BCUT2D eigenvalue weighted by Gasteiger charge is 2.22. The summed E-state index contributed by atoms with van der Waals surface area (Å²) >= 11 is 3.41. The molecule has 0 spiro atoms. The number of aliphatic imine (C=N–C) groups is 1. The fourth-order valence-electron chi connectivity index (χ4n) is 3.02. The van der Waals surface area contributed by atoms with Gasteiger partial charge in [0, 0.05) is 16.1 Å². The van der Waals surface area contributed by atoms with Crippen molar-refractivity contribution in [1.29, 1.82) is 0 Å². The van der Waals surface area contributed by atoms with E-state index >= 15 is 0 Å². The highest BCUT2D eigenvalue weighted by molar-refractivity contribution is 9.10. The van der Waals surface area contributed by atoms with E-state index < -0.39 is 11.9 Å². The second-order valence-electron chi connectivity index (χ2n) is 6.93. The number of nitrogens with zero attached hydrogens (tertiary/aromatic N) is 1. The van der Waals surface area contributed by atoms with Gasteiger partial charge in [-0.25, -0.2) is 9.79 Å². The van der Waals surface area contributed by atoms with Crippen molar-refractivity contribution < 1.29 is 19.1 Å². The molecule has 3 aromatic carbocycles. The van der Waals surface area contributed by atoms with Crippen LogP contribution in [0.3, 0.4) is 0 Å². The second kappa shape index (κ2) is 10.0. The minimum absolute atomic E-state index is 0.121. The molecule has 1 aliphatic heterocycles. The van der Waals surface area contributed by atoms with Crippen molar-refractivity contribution in [2.75, 3.05) is 0 Å². The van der Waals surface area contributed by atoms with Gasteiger partial charge in [0.1, 0.15) is 5.75 Å². The molecule has 0 N–H and O–H groups in total. The molecule has 0 amide bonds. The third kappa shape index (κ3) is 5.68. The monoisotopic (exact) mass is 487 g/mol. The van der Waals surface area contributed by atoms with Gasteiger partial charge in [0.15, 0.2) is 5.70 Å². The molecule has 0 saturated carbocycles. The van der Waals surface area contributed by atoms with Crippen LogP contribution in [0.2, 0.25) is 0 Å². The van der Waals surface area contributed by atoms with Gasteiger partial charge in [0.05, 0.1) is 6.42 Å². The first kappa shape index (κ1) is 21.5. The predicted octanol–water partition coefficient (Wildman–Crippen LogP) is 5.61. The summed E-state index contributed by atoms with van der Waals surface area (Å²) in [7, 11) is 0. The molecule has 32 heavy (non-hydrogen) atoms. The lowest BCUT2D eigenvalue weighted by Crippen LogP contribution is -2.12. The van der Waals surface area contributed by atoms with E-state index in [1.54, 1.807) is 30.4 Å². The molecule has 1 aliphatic rings. The Bertz CT molecular complexity index is 1230. The summed E-state index contributed by atoms with van der Waals surface area (Å²) < 4.78 is 11.6. The van der Waals surface area contributed by atoms with Gasteiger partial charge < -0.3 is 9.47 Å². The first-order chi connectivity index (χ1) is 15.6. The first-order valence-electron chi connectivity index (χ1n) is 9.87. The van der Waals surface area contributed by atoms with Gasteiger partial charge in [0.25, 0.3) is 0 Å². The minimum Gasteiger partial charge on any atom is -0.426 e. The zero-order chi connectivity index (χ0) is 22.3. The van der Waals surface area contributed by atoms with E-state index in [-0.39, 0.29) is 18.0 Å². The molecule has 0 atom stereocenters. The topological polar surface area (TPSA) is 65.0 Å². The van der Waals surface area contributed by atoms with Crippen LogP contribution in [0.25, 0.3) is 12.2 Å². The maximum absolute atomic E-state index is 12.4. The van der Waals surface area contributed by atoms with Gasteiger partial charge >= 0.3 is 11.9 Å². The van der Waals surface area contributed by atoms with Gasteiger partial charge in [0.2, 0.25) is 5.90 Å². The number of benzene rings is 3. The van der Waals surface area contributed by atoms with Crippen molar-refractivity contribution in [2.45, 2.75) is 6.42 Å². The van der Waals surface area contributed by atoms with E-state index in [4.69, 9.17) is 9.47 Å². The minimum atomic E-state index is -0.570. The van der Waals surface area contributed by atoms with E-state index in [2.05, 4.69) is 20.9 Å². The molecule has 0 unspecified atom stereocenters. The molecular weight excluding hydrogens is 470 g/mol. The number of carbonyl (C=O) groups excluding carboxylic acids is 2. The Labute approximate surface area is 193 Å². The van der Waals surface area contributed by atoms with Crippen LogP contribution in [0.1, 0.15) is 16.7 Å². The Morgan fingerprint density at radius 1 is 0.969 bits per heavy atom. The van der Waals surface area contributed by atoms with Crippen LogP contribution in [-0.4, -0.2) is 17.8 Å². The zero-order valence-corrected chi connectivity index (χ0v) is 18.5. The summed E-state index contributed by atoms with van der Waals surface area (Å²) in [6.07, 6.45) is 5.13. The van der Waals surface area contributed by atoms with Crippen LogP contribution in [0.15, 0.2) is 100 Å². The van der Waals surface area contributed by atoms with Crippen LogP contribution in [0.5, 0.6) is 5.75 Å². The van der Waals surface area contributed by atoms with Crippen molar-refractivity contribution in [3.8, 4) is 5.75 Å². The van der Waals surface area contributed by atoms with Crippen molar-refractivity contribution >= 4 is 45.9 Å². The Hall–Kier alpha value is -3.77. The Morgan fingerprint density at radius 2 is 1.69 bits per heavy atom. The van der Waals surface area contributed by atoms with Crippen molar-refractivity contribution in [1.82, 2.24) is 0 Å². The SMILES string of the molecule is O=C(Cc1ccccc1)Oc1ccc(Br)cc1/C=C1N=C(/C=C/c2ccccc2)OC/1=O. The highest BCUT2D eigenvalue weighted by atomic mass is 79.9. The molecule has 0 fully saturated rings. The number of rotatable bonds is 6. The van der Waals surface area contributed by atoms with Gasteiger partial charge in [-0.2, -0.15) is 0 Å². The van der Waals surface area contributed by atoms with Gasteiger partial charge in [-0.1, -0.05) is 76.6 Å². The van der Waals surface area contributed by atoms with Gasteiger partial charge in [-0.15, -0.1) is 0 Å². The summed E-state index contributed by atoms with van der Waals surface area (Å²) in [5.74, 6) is -0.443. The van der Waals surface area contributed by atoms with E-state index in [0.717, 1.165) is 15.6 Å². The fraction of sp³-hybridized carbons (Fsp3) is 0.0385. The van der Waals surface area contributed by atoms with Crippen LogP contribution in [0, 0.1) is 0 Å². The number of hydrogen-bond donors (Lipinski definition) is 0. The van der Waals surface area contributed by atoms with Crippen LogP contribution < -0.4 is 4.74 Å². The van der Waals surface area contributed by atoms with Gasteiger partial charge in [-0.3, -0.25) is 4.79 Å². The number of cyclic esters (lactones) is 1. The molecule has 158 valence electrons. The molecule has 0 aromatic heterocycles. The van der Waals surface area contributed by atoms with Crippen LogP contribution in [0.4, 0.5) is 0 Å². The number of esters is 2. The third-order valence-corrected chi connectivity index (χ3v) is 5.03. The molecule has 0 aliphatic carbocycles. The summed E-state index contributed by atoms with van der Waals surface area (Å²) in [5, 5.41) is 0. The summed E-state index contributed by atoms with van der Waals surface area (Å²) in [6.45, 7) is 0. The number of halogens is 1. The lowest BCUT2D eigenvalue weighted by Gasteiger charge is -2.08. The molecule has 1 heterocycles. The normalized spacial score (nSPS) is 14.5. The van der Waals surface area contributed by atoms with Crippen LogP contribution in [-0.2, 0) is 20.7 Å². The molecule has 0 bridgehead atoms. The number of ether oxygens (including phenoxy) is 2. The quantitative estimate of drug-likeness (QED) is 0.257. The number of carbonyl (C=O) groups is 2. The molecule has 0 saturated heterocycles. The number of hydrogen-bond acceptors (Lipinski definition) is 5. The molecule has 3 aromatic rings. The lowest BCUT2D eigenvalue weighted by atomic mass is 10.1. The summed E-state index contributed by atoms with van der Waals surface area (Å²) in [4.78, 5) is 29.0. The summed E-state index contributed by atoms with van der Waals surface area (Å²) in [6, 6.07) is 24.1. The molecule has 5 nitrogen and oxygen atoms in total. The summed E-state index contributed by atoms with van der Waals surface area (Å²) in [5.41, 5.74) is 2.47. The van der Waals surface area contributed by atoms with Crippen molar-refractivity contribution in [2.24, 2.45) is 4.99 Å². The maximum Gasteiger partial charge on any atom is 0.363 e. The van der Waals surface area contributed by atoms with Gasteiger partial charge in [-0.05, 0) is 41.5 Å². The molecule has 4 rings (SSSR count). The van der Waals surface area contributed by atoms with E-state index in [1.165, 1.54) is 0 Å². The van der Waals surface area contributed by atoms with Crippen LogP contribution >= 0.6 is 15.9 Å². The molecular formula is C26H18BrNO4. The Kier molecular flexibility index (Phi) is 6.72. The smallest absolute Gasteiger partial charge is 0.363 e. The molecule has 6 heteroatoms. The maximum atomic E-state index is 12.4. The highest BCUT2D eigenvalue weighted by Crippen LogP contribution is 2.28. The first-order valence-corrected chi connectivity index (χ1v) is 10.7.